The molecule has 9 heteroatoms. The van der Waals surface area contributed by atoms with E-state index in [1.54, 1.807) is 0 Å². The second kappa shape index (κ2) is 6.55. The van der Waals surface area contributed by atoms with Crippen molar-refractivity contribution in [1.29, 1.82) is 0 Å². The van der Waals surface area contributed by atoms with Gasteiger partial charge in [-0.2, -0.15) is 13.2 Å². The highest BCUT2D eigenvalue weighted by Gasteiger charge is 2.30. The van der Waals surface area contributed by atoms with Crippen molar-refractivity contribution >= 4 is 11.8 Å². The molecular formula is C12H13F3N2O4. The molecule has 1 rings (SSSR count). The molecule has 0 radical (unpaired) electrons. The van der Waals surface area contributed by atoms with Gasteiger partial charge in [-0.05, 0) is 31.2 Å². The standard InChI is InChI=1S/C12H13F3N2O4/c1-6(18)9(11(20)17-21)16-10(19)7-2-4-8(5-3-7)12(13,14)15/h2-6,9,18,21H,1H3,(H,16,19)(H,17,20)/t6-,9-/m0/s1. The first-order valence-electron chi connectivity index (χ1n) is 5.77. The Labute approximate surface area is 117 Å². The van der Waals surface area contributed by atoms with Gasteiger partial charge in [-0.25, -0.2) is 5.48 Å². The fraction of sp³-hybridized carbons (Fsp3) is 0.333. The van der Waals surface area contributed by atoms with Crippen molar-refractivity contribution in [2.24, 2.45) is 0 Å². The summed E-state index contributed by atoms with van der Waals surface area (Å²) in [6.07, 6.45) is -5.83. The molecule has 2 amide bonds. The highest BCUT2D eigenvalue weighted by atomic mass is 19.4. The number of benzene rings is 1. The van der Waals surface area contributed by atoms with Gasteiger partial charge in [0.2, 0.25) is 0 Å². The Balaban J connectivity index is 2.86. The van der Waals surface area contributed by atoms with Crippen LogP contribution in [0.5, 0.6) is 0 Å². The third-order valence-corrected chi connectivity index (χ3v) is 2.64. The van der Waals surface area contributed by atoms with Gasteiger partial charge in [0.25, 0.3) is 11.8 Å². The lowest BCUT2D eigenvalue weighted by Crippen LogP contribution is -2.51. The summed E-state index contributed by atoms with van der Waals surface area (Å²) in [4.78, 5) is 23.0. The smallest absolute Gasteiger partial charge is 0.391 e. The number of carbonyl (C=O) groups excluding carboxylic acids is 2. The second-order valence-electron chi connectivity index (χ2n) is 4.24. The molecule has 116 valence electrons. The largest absolute Gasteiger partial charge is 0.416 e. The van der Waals surface area contributed by atoms with Gasteiger partial charge in [0, 0.05) is 5.56 Å². The van der Waals surface area contributed by atoms with Crippen molar-refractivity contribution in [3.05, 3.63) is 35.4 Å². The molecule has 0 bridgehead atoms. The maximum Gasteiger partial charge on any atom is 0.416 e. The summed E-state index contributed by atoms with van der Waals surface area (Å²) in [5.41, 5.74) is 0.227. The fourth-order valence-electron chi connectivity index (χ4n) is 1.51. The average molecular weight is 306 g/mol. The number of aliphatic hydroxyl groups is 1. The second-order valence-corrected chi connectivity index (χ2v) is 4.24. The van der Waals surface area contributed by atoms with E-state index in [0.717, 1.165) is 24.3 Å². The van der Waals surface area contributed by atoms with Crippen LogP contribution < -0.4 is 10.8 Å². The van der Waals surface area contributed by atoms with Crippen LogP contribution >= 0.6 is 0 Å². The Hall–Kier alpha value is -2.13. The lowest BCUT2D eigenvalue weighted by atomic mass is 10.1. The predicted molar refractivity (Wildman–Crippen MR) is 64.3 cm³/mol. The van der Waals surface area contributed by atoms with Crippen molar-refractivity contribution < 1.29 is 33.1 Å². The maximum absolute atomic E-state index is 12.4. The highest BCUT2D eigenvalue weighted by molar-refractivity contribution is 5.97. The van der Waals surface area contributed by atoms with Crippen LogP contribution in [-0.4, -0.2) is 34.3 Å². The van der Waals surface area contributed by atoms with E-state index < -0.39 is 35.7 Å². The van der Waals surface area contributed by atoms with E-state index in [9.17, 15) is 27.9 Å². The summed E-state index contributed by atoms with van der Waals surface area (Å²) in [6, 6.07) is 1.88. The van der Waals surface area contributed by atoms with Crippen LogP contribution in [0.2, 0.25) is 0 Å². The third-order valence-electron chi connectivity index (χ3n) is 2.64. The summed E-state index contributed by atoms with van der Waals surface area (Å²) < 4.78 is 37.1. The van der Waals surface area contributed by atoms with Crippen LogP contribution in [0.4, 0.5) is 13.2 Å². The fourth-order valence-corrected chi connectivity index (χ4v) is 1.51. The third kappa shape index (κ3) is 4.43. The Morgan fingerprint density at radius 3 is 2.10 bits per heavy atom. The number of halogens is 3. The molecule has 0 unspecified atom stereocenters. The van der Waals surface area contributed by atoms with Crippen LogP contribution in [0, 0.1) is 0 Å². The number of carbonyl (C=O) groups is 2. The zero-order valence-corrected chi connectivity index (χ0v) is 10.8. The van der Waals surface area contributed by atoms with E-state index >= 15 is 0 Å². The first kappa shape index (κ1) is 16.9. The minimum absolute atomic E-state index is 0.126. The van der Waals surface area contributed by atoms with E-state index in [2.05, 4.69) is 5.32 Å². The molecule has 0 aromatic heterocycles. The van der Waals surface area contributed by atoms with Crippen molar-refractivity contribution in [3.8, 4) is 0 Å². The number of alkyl halides is 3. The van der Waals surface area contributed by atoms with Crippen molar-refractivity contribution in [2.75, 3.05) is 0 Å². The van der Waals surface area contributed by atoms with E-state index in [1.807, 2.05) is 0 Å². The summed E-state index contributed by atoms with van der Waals surface area (Å²) in [5.74, 6) is -1.91. The van der Waals surface area contributed by atoms with Crippen LogP contribution in [0.15, 0.2) is 24.3 Å². The molecule has 21 heavy (non-hydrogen) atoms. The summed E-state index contributed by atoms with van der Waals surface area (Å²) in [6.45, 7) is 1.20. The molecule has 4 N–H and O–H groups in total. The monoisotopic (exact) mass is 306 g/mol. The van der Waals surface area contributed by atoms with Crippen molar-refractivity contribution in [3.63, 3.8) is 0 Å². The summed E-state index contributed by atoms with van der Waals surface area (Å²) in [7, 11) is 0. The Bertz CT molecular complexity index is 514. The summed E-state index contributed by atoms with van der Waals surface area (Å²) >= 11 is 0. The zero-order valence-electron chi connectivity index (χ0n) is 10.8. The molecule has 0 spiro atoms. The molecule has 1 aromatic rings. The van der Waals surface area contributed by atoms with Gasteiger partial charge in [0.05, 0.1) is 11.7 Å². The van der Waals surface area contributed by atoms with Crippen LogP contribution in [0.1, 0.15) is 22.8 Å². The van der Waals surface area contributed by atoms with E-state index in [0.29, 0.717) is 0 Å². The Morgan fingerprint density at radius 2 is 1.71 bits per heavy atom. The minimum atomic E-state index is -4.52. The quantitative estimate of drug-likeness (QED) is 0.486. The first-order valence-corrected chi connectivity index (χ1v) is 5.77. The molecule has 0 aliphatic rings. The topological polar surface area (TPSA) is 98.7 Å². The van der Waals surface area contributed by atoms with Crippen LogP contribution in [0.3, 0.4) is 0 Å². The molecule has 0 aliphatic heterocycles. The van der Waals surface area contributed by atoms with Crippen molar-refractivity contribution in [1.82, 2.24) is 10.8 Å². The lowest BCUT2D eigenvalue weighted by Gasteiger charge is -2.19. The van der Waals surface area contributed by atoms with Crippen molar-refractivity contribution in [2.45, 2.75) is 25.2 Å². The van der Waals surface area contributed by atoms with E-state index in [1.165, 1.54) is 12.4 Å². The average Bonchev–Trinajstić information content (AvgIpc) is 2.42. The zero-order chi connectivity index (χ0) is 16.2. The van der Waals surface area contributed by atoms with E-state index in [4.69, 9.17) is 5.21 Å². The van der Waals surface area contributed by atoms with Crippen LogP contribution in [0.25, 0.3) is 0 Å². The number of hydrogen-bond acceptors (Lipinski definition) is 4. The number of amides is 2. The highest BCUT2D eigenvalue weighted by Crippen LogP contribution is 2.29. The molecule has 0 saturated heterocycles. The molecule has 0 saturated carbocycles. The number of hydroxylamine groups is 1. The first-order chi connectivity index (χ1) is 9.66. The van der Waals surface area contributed by atoms with Gasteiger partial charge in [-0.15, -0.1) is 0 Å². The molecule has 1 aromatic carbocycles. The van der Waals surface area contributed by atoms with E-state index in [-0.39, 0.29) is 5.56 Å². The van der Waals surface area contributed by atoms with Gasteiger partial charge in [-0.3, -0.25) is 14.8 Å². The van der Waals surface area contributed by atoms with Gasteiger partial charge in [-0.1, -0.05) is 0 Å². The number of hydrogen-bond donors (Lipinski definition) is 4. The number of aliphatic hydroxyl groups excluding tert-OH is 1. The van der Waals surface area contributed by atoms with Gasteiger partial charge in [0.15, 0.2) is 0 Å². The molecule has 0 fully saturated rings. The van der Waals surface area contributed by atoms with Crippen LogP contribution in [-0.2, 0) is 11.0 Å². The number of rotatable bonds is 4. The van der Waals surface area contributed by atoms with Gasteiger partial charge in [0.1, 0.15) is 6.04 Å². The molecule has 0 aliphatic carbocycles. The van der Waals surface area contributed by atoms with Gasteiger partial charge < -0.3 is 10.4 Å². The Kier molecular flexibility index (Phi) is 5.28. The molecule has 2 atom stereocenters. The SMILES string of the molecule is C[C@H](O)[C@H](NC(=O)c1ccc(C(F)(F)F)cc1)C(=O)NO. The lowest BCUT2D eigenvalue weighted by molar-refractivity contribution is -0.137. The predicted octanol–water partition coefficient (Wildman–Crippen LogP) is 0.690. The minimum Gasteiger partial charge on any atom is -0.391 e. The number of nitrogens with one attached hydrogen (secondary N) is 2. The van der Waals surface area contributed by atoms with Gasteiger partial charge >= 0.3 is 6.18 Å². The summed E-state index contributed by atoms with van der Waals surface area (Å²) in [5, 5.41) is 19.9. The maximum atomic E-state index is 12.4. The molecular weight excluding hydrogens is 293 g/mol. The Morgan fingerprint density at radius 1 is 1.19 bits per heavy atom. The normalized spacial score (nSPS) is 14.2. The molecule has 6 nitrogen and oxygen atoms in total. The molecule has 0 heterocycles.